The molecule has 4 nitrogen and oxygen atoms in total. The summed E-state index contributed by atoms with van der Waals surface area (Å²) in [5.41, 5.74) is 3.93. The maximum atomic E-state index is 12.2. The Kier molecular flexibility index (Phi) is 6.63. The Morgan fingerprint density at radius 1 is 1.04 bits per heavy atom. The molecule has 132 valence electrons. The monoisotopic (exact) mass is 339 g/mol. The summed E-state index contributed by atoms with van der Waals surface area (Å²) in [6.45, 7) is 9.01. The molecular formula is C21H25NO3. The van der Waals surface area contributed by atoms with Crippen LogP contribution < -0.4 is 14.8 Å². The van der Waals surface area contributed by atoms with Crippen molar-refractivity contribution in [3.8, 4) is 11.5 Å². The summed E-state index contributed by atoms with van der Waals surface area (Å²) >= 11 is 0. The Balaban J connectivity index is 2.11. The molecule has 0 fully saturated rings. The van der Waals surface area contributed by atoms with E-state index < -0.39 is 0 Å². The van der Waals surface area contributed by atoms with Gasteiger partial charge in [-0.1, -0.05) is 18.2 Å². The first-order chi connectivity index (χ1) is 12.0. The number of anilines is 1. The molecule has 0 saturated heterocycles. The van der Waals surface area contributed by atoms with E-state index in [0.717, 1.165) is 22.4 Å². The molecule has 2 aromatic carbocycles. The Hall–Kier alpha value is -2.75. The van der Waals surface area contributed by atoms with E-state index in [4.69, 9.17) is 9.47 Å². The van der Waals surface area contributed by atoms with Gasteiger partial charge in [-0.2, -0.15) is 0 Å². The first-order valence-corrected chi connectivity index (χ1v) is 8.50. The second kappa shape index (κ2) is 8.92. The lowest BCUT2D eigenvalue weighted by Crippen LogP contribution is -2.09. The van der Waals surface area contributed by atoms with Crippen molar-refractivity contribution >= 4 is 17.7 Å². The Bertz CT molecular complexity index is 766. The molecular weight excluding hydrogens is 314 g/mol. The molecule has 1 amide bonds. The minimum atomic E-state index is -0.166. The van der Waals surface area contributed by atoms with Gasteiger partial charge in [0.25, 0.3) is 0 Å². The fourth-order valence-electron chi connectivity index (χ4n) is 2.40. The quantitative estimate of drug-likeness (QED) is 0.740. The van der Waals surface area contributed by atoms with Crippen molar-refractivity contribution in [1.82, 2.24) is 0 Å². The van der Waals surface area contributed by atoms with E-state index in [1.165, 1.54) is 6.08 Å². The van der Waals surface area contributed by atoms with Gasteiger partial charge in [-0.05, 0) is 68.7 Å². The fourth-order valence-corrected chi connectivity index (χ4v) is 2.40. The third-order valence-corrected chi connectivity index (χ3v) is 3.86. The van der Waals surface area contributed by atoms with Crippen LogP contribution in [-0.2, 0) is 4.79 Å². The van der Waals surface area contributed by atoms with Crippen LogP contribution in [0.2, 0.25) is 0 Å². The zero-order valence-corrected chi connectivity index (χ0v) is 15.3. The van der Waals surface area contributed by atoms with E-state index in [1.54, 1.807) is 6.08 Å². The molecule has 25 heavy (non-hydrogen) atoms. The number of aryl methyl sites for hydroxylation is 1. The second-order valence-electron chi connectivity index (χ2n) is 5.64. The van der Waals surface area contributed by atoms with Gasteiger partial charge in [-0.25, -0.2) is 0 Å². The summed E-state index contributed by atoms with van der Waals surface area (Å²) in [4.78, 5) is 12.2. The van der Waals surface area contributed by atoms with Gasteiger partial charge in [0.15, 0.2) is 11.5 Å². The van der Waals surface area contributed by atoms with Crippen LogP contribution in [0.15, 0.2) is 42.5 Å². The van der Waals surface area contributed by atoms with Gasteiger partial charge in [-0.15, -0.1) is 0 Å². The van der Waals surface area contributed by atoms with Crippen LogP contribution in [0.25, 0.3) is 6.08 Å². The number of carbonyl (C=O) groups excluding carboxylic acids is 1. The molecule has 2 aromatic rings. The van der Waals surface area contributed by atoms with Gasteiger partial charge in [0.2, 0.25) is 5.91 Å². The Morgan fingerprint density at radius 3 is 2.48 bits per heavy atom. The van der Waals surface area contributed by atoms with E-state index in [-0.39, 0.29) is 5.91 Å². The van der Waals surface area contributed by atoms with Crippen molar-refractivity contribution in [1.29, 1.82) is 0 Å². The van der Waals surface area contributed by atoms with Crippen molar-refractivity contribution in [2.75, 3.05) is 18.5 Å². The third-order valence-electron chi connectivity index (χ3n) is 3.86. The second-order valence-corrected chi connectivity index (χ2v) is 5.64. The number of ether oxygens (including phenoxy) is 2. The average molecular weight is 339 g/mol. The maximum Gasteiger partial charge on any atom is 0.248 e. The van der Waals surface area contributed by atoms with Crippen LogP contribution in [0.1, 0.15) is 30.5 Å². The van der Waals surface area contributed by atoms with Gasteiger partial charge in [-0.3, -0.25) is 4.79 Å². The molecule has 2 rings (SSSR count). The minimum absolute atomic E-state index is 0.166. The van der Waals surface area contributed by atoms with Gasteiger partial charge in [0.05, 0.1) is 13.2 Å². The lowest BCUT2D eigenvalue weighted by molar-refractivity contribution is -0.111. The fraction of sp³-hybridized carbons (Fsp3) is 0.286. The Morgan fingerprint density at radius 2 is 1.76 bits per heavy atom. The first-order valence-electron chi connectivity index (χ1n) is 8.50. The van der Waals surface area contributed by atoms with Crippen molar-refractivity contribution in [2.45, 2.75) is 27.7 Å². The summed E-state index contributed by atoms with van der Waals surface area (Å²) in [6, 6.07) is 11.5. The van der Waals surface area contributed by atoms with Crippen LogP contribution in [0, 0.1) is 13.8 Å². The first kappa shape index (κ1) is 18.6. The van der Waals surface area contributed by atoms with Crippen LogP contribution in [0.4, 0.5) is 5.69 Å². The average Bonchev–Trinajstić information content (AvgIpc) is 2.59. The highest BCUT2D eigenvalue weighted by molar-refractivity contribution is 6.02. The van der Waals surface area contributed by atoms with Crippen molar-refractivity contribution in [3.05, 3.63) is 59.2 Å². The Labute approximate surface area is 149 Å². The number of amides is 1. The van der Waals surface area contributed by atoms with E-state index in [2.05, 4.69) is 5.32 Å². The smallest absolute Gasteiger partial charge is 0.248 e. The highest BCUT2D eigenvalue weighted by Crippen LogP contribution is 2.29. The van der Waals surface area contributed by atoms with Crippen molar-refractivity contribution < 1.29 is 14.3 Å². The molecule has 0 unspecified atom stereocenters. The predicted octanol–water partition coefficient (Wildman–Crippen LogP) is 4.75. The lowest BCUT2D eigenvalue weighted by atomic mass is 10.1. The topological polar surface area (TPSA) is 47.6 Å². The third kappa shape index (κ3) is 5.11. The molecule has 1 N–H and O–H groups in total. The molecule has 0 aliphatic heterocycles. The molecule has 0 saturated carbocycles. The highest BCUT2D eigenvalue weighted by Gasteiger charge is 2.06. The number of benzene rings is 2. The molecule has 0 spiro atoms. The molecule has 0 heterocycles. The zero-order chi connectivity index (χ0) is 18.2. The standard InChI is InChI=1S/C21H25NO3/c1-5-24-19-12-10-17(14-20(19)25-6-2)11-13-21(23)22-18-9-7-8-15(3)16(18)4/h7-14H,5-6H2,1-4H3,(H,22,23)/b13-11+. The highest BCUT2D eigenvalue weighted by atomic mass is 16.5. The molecule has 4 heteroatoms. The maximum absolute atomic E-state index is 12.2. The van der Waals surface area contributed by atoms with Crippen molar-refractivity contribution in [2.24, 2.45) is 0 Å². The molecule has 0 atom stereocenters. The van der Waals surface area contributed by atoms with Crippen molar-refractivity contribution in [3.63, 3.8) is 0 Å². The number of rotatable bonds is 7. The van der Waals surface area contributed by atoms with Crippen LogP contribution in [0.3, 0.4) is 0 Å². The van der Waals surface area contributed by atoms with E-state index in [1.807, 2.05) is 64.1 Å². The van der Waals surface area contributed by atoms with Crippen LogP contribution in [-0.4, -0.2) is 19.1 Å². The summed E-state index contributed by atoms with van der Waals surface area (Å²) in [7, 11) is 0. The van der Waals surface area contributed by atoms with E-state index >= 15 is 0 Å². The number of nitrogens with one attached hydrogen (secondary N) is 1. The van der Waals surface area contributed by atoms with E-state index in [0.29, 0.717) is 24.7 Å². The molecule has 0 radical (unpaired) electrons. The summed E-state index contributed by atoms with van der Waals surface area (Å²) in [5, 5.41) is 2.91. The normalized spacial score (nSPS) is 10.7. The summed E-state index contributed by atoms with van der Waals surface area (Å²) in [6.07, 6.45) is 3.28. The molecule has 0 aliphatic rings. The largest absolute Gasteiger partial charge is 0.490 e. The summed E-state index contributed by atoms with van der Waals surface area (Å²) < 4.78 is 11.1. The lowest BCUT2D eigenvalue weighted by Gasteiger charge is -2.11. The molecule has 0 bridgehead atoms. The summed E-state index contributed by atoms with van der Waals surface area (Å²) in [5.74, 6) is 1.23. The van der Waals surface area contributed by atoms with Gasteiger partial charge >= 0.3 is 0 Å². The molecule has 0 aliphatic carbocycles. The minimum Gasteiger partial charge on any atom is -0.490 e. The molecule has 0 aromatic heterocycles. The van der Waals surface area contributed by atoms with Gasteiger partial charge in [0, 0.05) is 11.8 Å². The van der Waals surface area contributed by atoms with Crippen LogP contribution in [0.5, 0.6) is 11.5 Å². The number of hydrogen-bond donors (Lipinski definition) is 1. The van der Waals surface area contributed by atoms with E-state index in [9.17, 15) is 4.79 Å². The number of hydrogen-bond acceptors (Lipinski definition) is 3. The van der Waals surface area contributed by atoms with Gasteiger partial charge < -0.3 is 14.8 Å². The van der Waals surface area contributed by atoms with Crippen LogP contribution >= 0.6 is 0 Å². The zero-order valence-electron chi connectivity index (χ0n) is 15.3. The predicted molar refractivity (Wildman–Crippen MR) is 102 cm³/mol. The number of carbonyl (C=O) groups is 1. The van der Waals surface area contributed by atoms with Gasteiger partial charge in [0.1, 0.15) is 0 Å². The SMILES string of the molecule is CCOc1ccc(/C=C/C(=O)Nc2cccc(C)c2C)cc1OCC.